The molecule has 0 saturated carbocycles. The molecule has 12 heteroatoms. The number of ether oxygens (including phenoxy) is 1. The van der Waals surface area contributed by atoms with E-state index in [1.54, 1.807) is 0 Å². The maximum absolute atomic E-state index is 11.5. The smallest absolute Gasteiger partial charge is 0.374 e. The van der Waals surface area contributed by atoms with Crippen molar-refractivity contribution in [2.24, 2.45) is 0 Å². The fraction of sp³-hybridized carbons (Fsp3) is 0.242. The molecule has 2 N–H and O–H groups in total. The summed E-state index contributed by atoms with van der Waals surface area (Å²) < 4.78 is 71.9. The van der Waals surface area contributed by atoms with Gasteiger partial charge in [-0.05, 0) is 58.2 Å². The molecule has 1 aliphatic heterocycles. The van der Waals surface area contributed by atoms with Crippen molar-refractivity contribution in [1.29, 1.82) is 0 Å². The summed E-state index contributed by atoms with van der Waals surface area (Å²) in [4.78, 5) is 2.03. The highest BCUT2D eigenvalue weighted by molar-refractivity contribution is 7.85. The van der Waals surface area contributed by atoms with E-state index in [1.807, 2.05) is 95.3 Å². The summed E-state index contributed by atoms with van der Waals surface area (Å²) in [7, 11) is -4.11. The Morgan fingerprint density at radius 2 is 1.67 bits per heavy atom. The van der Waals surface area contributed by atoms with Gasteiger partial charge in [-0.3, -0.25) is 13.3 Å². The van der Waals surface area contributed by atoms with E-state index in [2.05, 4.69) is 6.07 Å². The third-order valence-electron chi connectivity index (χ3n) is 7.72. The summed E-state index contributed by atoms with van der Waals surface area (Å²) in [5.74, 6) is 1.48. The van der Waals surface area contributed by atoms with Gasteiger partial charge in [-0.15, -0.1) is 0 Å². The van der Waals surface area contributed by atoms with Gasteiger partial charge in [0.05, 0.1) is 24.1 Å². The first-order valence-corrected chi connectivity index (χ1v) is 17.3. The number of oxazole rings is 1. The van der Waals surface area contributed by atoms with Crippen molar-refractivity contribution in [3.05, 3.63) is 96.2 Å². The lowest BCUT2D eigenvalue weighted by atomic mass is 10.1. The molecule has 6 rings (SSSR count). The lowest BCUT2D eigenvalue weighted by Gasteiger charge is -2.18. The van der Waals surface area contributed by atoms with Gasteiger partial charge in [0.1, 0.15) is 0 Å². The summed E-state index contributed by atoms with van der Waals surface area (Å²) >= 11 is -2.33. The van der Waals surface area contributed by atoms with Gasteiger partial charge >= 0.3 is 17.3 Å². The number of aryl methyl sites for hydroxylation is 1. The largest absolute Gasteiger partial charge is 0.439 e. The molecule has 1 aliphatic rings. The van der Waals surface area contributed by atoms with E-state index < -0.39 is 21.5 Å². The number of fused-ring (bicyclic) bond motifs is 4. The molecule has 1 unspecified atom stereocenters. The second-order valence-electron chi connectivity index (χ2n) is 10.8. The quantitative estimate of drug-likeness (QED) is 0.0684. The van der Waals surface area contributed by atoms with Crippen LogP contribution in [0.15, 0.2) is 94.7 Å². The first-order chi connectivity index (χ1) is 21.7. The molecule has 0 bridgehead atoms. The summed E-state index contributed by atoms with van der Waals surface area (Å²) in [5, 5.41) is 4.15. The zero-order chi connectivity index (χ0) is 31.6. The van der Waals surface area contributed by atoms with Crippen LogP contribution in [0.5, 0.6) is 5.75 Å². The lowest BCUT2D eigenvalue weighted by Crippen LogP contribution is -2.36. The van der Waals surface area contributed by atoms with Crippen LogP contribution >= 0.6 is 0 Å². The number of allylic oxidation sites excluding steroid dienone is 2. The van der Waals surface area contributed by atoms with Crippen LogP contribution in [-0.4, -0.2) is 40.6 Å². The van der Waals surface area contributed by atoms with Crippen LogP contribution in [0.25, 0.3) is 38.7 Å². The summed E-state index contributed by atoms with van der Waals surface area (Å²) in [5.41, 5.74) is 3.26. The average molecular weight is 650 g/mol. The fourth-order valence-electron chi connectivity index (χ4n) is 5.57. The van der Waals surface area contributed by atoms with Gasteiger partial charge in [-0.2, -0.15) is 17.2 Å². The van der Waals surface area contributed by atoms with Crippen LogP contribution in [0.2, 0.25) is 0 Å². The van der Waals surface area contributed by atoms with Crippen LogP contribution in [0.3, 0.4) is 0 Å². The van der Waals surface area contributed by atoms with Crippen molar-refractivity contribution in [3.8, 4) is 5.75 Å². The van der Waals surface area contributed by atoms with Crippen LogP contribution in [0.1, 0.15) is 32.1 Å². The van der Waals surface area contributed by atoms with Crippen LogP contribution < -0.4 is 14.2 Å². The maximum atomic E-state index is 11.5. The molecule has 0 aliphatic carbocycles. The number of nitrogens with zero attached hydrogens (tertiary/aromatic N) is 2. The minimum absolute atomic E-state index is 0.100. The summed E-state index contributed by atoms with van der Waals surface area (Å²) in [6.45, 7) is 2.92. The Bertz CT molecular complexity index is 2090. The maximum Gasteiger partial charge on any atom is 0.374 e. The highest BCUT2D eigenvalue weighted by Crippen LogP contribution is 2.42. The van der Waals surface area contributed by atoms with Gasteiger partial charge in [-0.1, -0.05) is 55.5 Å². The van der Waals surface area contributed by atoms with Gasteiger partial charge in [0, 0.05) is 25.1 Å². The molecule has 10 nitrogen and oxygen atoms in total. The van der Waals surface area contributed by atoms with E-state index in [0.29, 0.717) is 49.0 Å². The van der Waals surface area contributed by atoms with Crippen molar-refractivity contribution >= 4 is 65.9 Å². The topological polar surface area (TPSA) is 130 Å². The molecule has 234 valence electrons. The van der Waals surface area contributed by atoms with E-state index in [9.17, 15) is 17.2 Å². The van der Waals surface area contributed by atoms with Crippen molar-refractivity contribution in [1.82, 2.24) is 0 Å². The lowest BCUT2D eigenvalue weighted by molar-refractivity contribution is -0.677. The number of aromatic nitrogens is 1. The van der Waals surface area contributed by atoms with Crippen molar-refractivity contribution in [2.45, 2.75) is 32.7 Å². The molecule has 2 heterocycles. The summed E-state index contributed by atoms with van der Waals surface area (Å²) in [6, 6.07) is 24.0. The van der Waals surface area contributed by atoms with Gasteiger partial charge in [0.25, 0.3) is 15.6 Å². The molecular weight excluding hydrogens is 617 g/mol. The Hall–Kier alpha value is -4.07. The molecule has 45 heavy (non-hydrogen) atoms. The van der Waals surface area contributed by atoms with E-state index >= 15 is 0 Å². The highest BCUT2D eigenvalue weighted by Gasteiger charge is 2.28. The Kier molecular flexibility index (Phi) is 9.02. The average Bonchev–Trinajstić information content (AvgIpc) is 3.51. The van der Waals surface area contributed by atoms with Gasteiger partial charge < -0.3 is 14.1 Å². The molecule has 1 aromatic heterocycles. The van der Waals surface area contributed by atoms with Crippen LogP contribution in [-0.2, 0) is 32.2 Å². The summed E-state index contributed by atoms with van der Waals surface area (Å²) in [6.07, 6.45) is 5.19. The molecule has 0 spiro atoms. The fourth-order valence-corrected chi connectivity index (χ4v) is 6.32. The minimum atomic E-state index is -4.11. The van der Waals surface area contributed by atoms with Crippen LogP contribution in [0, 0.1) is 0 Å². The number of hydrogen-bond acceptors (Lipinski definition) is 7. The second-order valence-corrected chi connectivity index (χ2v) is 13.0. The molecule has 0 saturated heterocycles. The molecule has 0 radical (unpaired) electrons. The predicted molar refractivity (Wildman–Crippen MR) is 175 cm³/mol. The zero-order valence-electron chi connectivity index (χ0n) is 24.6. The first kappa shape index (κ1) is 30.9. The normalized spacial score (nSPS) is 15.3. The van der Waals surface area contributed by atoms with E-state index in [-0.39, 0.29) is 18.8 Å². The number of rotatable bonds is 12. The minimum Gasteiger partial charge on any atom is -0.439 e. The third-order valence-corrected chi connectivity index (χ3v) is 8.89. The highest BCUT2D eigenvalue weighted by atomic mass is 32.2. The van der Waals surface area contributed by atoms with Gasteiger partial charge in [0.15, 0.2) is 12.3 Å². The molecule has 0 amide bonds. The van der Waals surface area contributed by atoms with Gasteiger partial charge in [-0.25, -0.2) is 0 Å². The molecular formula is C33H33N2O8S2+. The number of hydrogen-bond donors (Lipinski definition) is 2. The molecule has 0 fully saturated rings. The van der Waals surface area contributed by atoms with E-state index in [1.165, 1.54) is 0 Å². The Labute approximate surface area is 263 Å². The SMILES string of the molecule is CCC(=Cc1oc2cc3ccccc3cc2[n+]1CCCS(=O)(=O)O)C=C1Oc2cc3ccccc3cc2N1CCCOS(=O)O. The molecule has 5 aromatic rings. The Balaban J connectivity index is 1.39. The number of benzene rings is 4. The standard InChI is InChI=1S/C33H32N2O8S2/c1-2-23(17-32-34(13-7-15-41-44(36)37)28-19-24-9-3-5-11-26(24)21-30(28)42-32)18-33-35(14-8-16-45(38,39)40)29-20-25-10-4-6-12-27(25)22-31(29)43-33/h3-6,9-12,17-22H,2,7-8,13-16H2,1H3,(H-,36,37,38,39,40)/p+1. The van der Waals surface area contributed by atoms with Gasteiger partial charge in [0.2, 0.25) is 11.5 Å². The Morgan fingerprint density at radius 1 is 1.00 bits per heavy atom. The second kappa shape index (κ2) is 13.1. The van der Waals surface area contributed by atoms with E-state index in [0.717, 1.165) is 38.3 Å². The van der Waals surface area contributed by atoms with Crippen molar-refractivity contribution < 1.29 is 39.6 Å². The Morgan fingerprint density at radius 3 is 2.33 bits per heavy atom. The molecule has 1 atom stereocenters. The first-order valence-electron chi connectivity index (χ1n) is 14.6. The van der Waals surface area contributed by atoms with Crippen molar-refractivity contribution in [2.75, 3.05) is 23.8 Å². The number of anilines is 1. The van der Waals surface area contributed by atoms with Crippen LogP contribution in [0.4, 0.5) is 5.69 Å². The molecule has 4 aromatic carbocycles. The third kappa shape index (κ3) is 7.10. The zero-order valence-corrected chi connectivity index (χ0v) is 26.2. The monoisotopic (exact) mass is 649 g/mol. The van der Waals surface area contributed by atoms with Crippen molar-refractivity contribution in [3.63, 3.8) is 0 Å². The predicted octanol–water partition coefficient (Wildman–Crippen LogP) is 6.38. The van der Waals surface area contributed by atoms with E-state index in [4.69, 9.17) is 17.9 Å².